The largest absolute Gasteiger partial charge is 0.500 e. The normalized spacial score (nSPS) is 17.1. The topological polar surface area (TPSA) is 117 Å². The van der Waals surface area contributed by atoms with E-state index in [9.17, 15) is 20.0 Å². The number of nitrogens with two attached hydrogens (primary N) is 1. The van der Waals surface area contributed by atoms with E-state index in [1.807, 2.05) is 0 Å². The Morgan fingerprint density at radius 1 is 1.35 bits per heavy atom. The lowest BCUT2D eigenvalue weighted by Gasteiger charge is -2.34. The summed E-state index contributed by atoms with van der Waals surface area (Å²) in [7, 11) is 1.32. The molecule has 0 spiro atoms. The van der Waals surface area contributed by atoms with E-state index in [1.54, 1.807) is 29.2 Å². The zero-order valence-corrected chi connectivity index (χ0v) is 14.6. The van der Waals surface area contributed by atoms with Gasteiger partial charge in [-0.25, -0.2) is 4.79 Å². The van der Waals surface area contributed by atoms with E-state index < -0.39 is 17.0 Å². The van der Waals surface area contributed by atoms with Gasteiger partial charge in [0.2, 0.25) is 5.75 Å². The van der Waals surface area contributed by atoms with Gasteiger partial charge < -0.3 is 15.7 Å². The standard InChI is InChI=1S/C18H21N5O3/c1-21-17(25)15(24)16(22-8-4-7-14(20)11-22)23(18(21)26)10-13-6-3-2-5-12(13)9-19/h2-3,5-6,14,24H,4,7-8,10-11,20H2,1H3. The van der Waals surface area contributed by atoms with Crippen molar-refractivity contribution in [3.63, 3.8) is 0 Å². The highest BCUT2D eigenvalue weighted by atomic mass is 16.3. The van der Waals surface area contributed by atoms with Crippen LogP contribution >= 0.6 is 0 Å². The molecule has 0 amide bonds. The molecule has 3 rings (SSSR count). The van der Waals surface area contributed by atoms with Gasteiger partial charge in [0.1, 0.15) is 0 Å². The molecule has 8 heteroatoms. The first-order chi connectivity index (χ1) is 12.4. The second-order valence-electron chi connectivity index (χ2n) is 6.52. The number of benzene rings is 1. The van der Waals surface area contributed by atoms with Gasteiger partial charge in [0.25, 0.3) is 5.56 Å². The lowest BCUT2D eigenvalue weighted by Crippen LogP contribution is -2.47. The van der Waals surface area contributed by atoms with Crippen molar-refractivity contribution in [2.24, 2.45) is 12.8 Å². The van der Waals surface area contributed by atoms with Crippen LogP contribution in [0.15, 0.2) is 33.9 Å². The molecule has 1 unspecified atom stereocenters. The zero-order valence-electron chi connectivity index (χ0n) is 14.6. The first kappa shape index (κ1) is 17.8. The van der Waals surface area contributed by atoms with Gasteiger partial charge in [-0.2, -0.15) is 5.26 Å². The molecule has 136 valence electrons. The van der Waals surface area contributed by atoms with Crippen molar-refractivity contribution in [2.45, 2.75) is 25.4 Å². The van der Waals surface area contributed by atoms with Crippen LogP contribution in [0.2, 0.25) is 0 Å². The Morgan fingerprint density at radius 3 is 2.77 bits per heavy atom. The molecule has 1 aromatic carbocycles. The molecule has 1 fully saturated rings. The molecular weight excluding hydrogens is 334 g/mol. The highest BCUT2D eigenvalue weighted by Gasteiger charge is 2.26. The molecule has 0 radical (unpaired) electrons. The second kappa shape index (κ2) is 7.06. The molecule has 2 heterocycles. The lowest BCUT2D eigenvalue weighted by atomic mass is 10.1. The van der Waals surface area contributed by atoms with Crippen LogP contribution in [0.25, 0.3) is 0 Å². The van der Waals surface area contributed by atoms with Gasteiger partial charge >= 0.3 is 5.69 Å². The van der Waals surface area contributed by atoms with E-state index in [4.69, 9.17) is 5.73 Å². The van der Waals surface area contributed by atoms with Crippen LogP contribution in [-0.4, -0.2) is 33.4 Å². The molecule has 0 aliphatic carbocycles. The molecule has 26 heavy (non-hydrogen) atoms. The maximum atomic E-state index is 12.8. The van der Waals surface area contributed by atoms with Crippen LogP contribution in [0.5, 0.6) is 5.75 Å². The van der Waals surface area contributed by atoms with Crippen LogP contribution in [0.4, 0.5) is 5.82 Å². The van der Waals surface area contributed by atoms with Crippen LogP contribution in [0.3, 0.4) is 0 Å². The first-order valence-electron chi connectivity index (χ1n) is 8.45. The Labute approximate surface area is 150 Å². The van der Waals surface area contributed by atoms with Gasteiger partial charge in [0.15, 0.2) is 5.82 Å². The van der Waals surface area contributed by atoms with Crippen LogP contribution in [0.1, 0.15) is 24.0 Å². The lowest BCUT2D eigenvalue weighted by molar-refractivity contribution is 0.429. The minimum Gasteiger partial charge on any atom is -0.500 e. The average Bonchev–Trinajstić information content (AvgIpc) is 2.65. The Bertz CT molecular complexity index is 986. The van der Waals surface area contributed by atoms with Gasteiger partial charge in [-0.3, -0.25) is 13.9 Å². The van der Waals surface area contributed by atoms with Crippen molar-refractivity contribution >= 4 is 5.82 Å². The van der Waals surface area contributed by atoms with Crippen molar-refractivity contribution < 1.29 is 5.11 Å². The number of aromatic nitrogens is 2. The molecule has 2 aromatic rings. The van der Waals surface area contributed by atoms with Crippen LogP contribution in [0, 0.1) is 11.3 Å². The van der Waals surface area contributed by atoms with Crippen molar-refractivity contribution in [1.82, 2.24) is 9.13 Å². The molecule has 3 N–H and O–H groups in total. The molecular formula is C18H21N5O3. The number of piperidine rings is 1. The number of nitriles is 1. The van der Waals surface area contributed by atoms with E-state index in [2.05, 4.69) is 6.07 Å². The van der Waals surface area contributed by atoms with Gasteiger partial charge in [0, 0.05) is 26.2 Å². The summed E-state index contributed by atoms with van der Waals surface area (Å²) in [5.74, 6) is -0.309. The SMILES string of the molecule is Cn1c(=O)c(O)c(N2CCCC(N)C2)n(Cc2ccccc2C#N)c1=O. The van der Waals surface area contributed by atoms with Gasteiger partial charge in [-0.05, 0) is 24.5 Å². The molecule has 8 nitrogen and oxygen atoms in total. The summed E-state index contributed by atoms with van der Waals surface area (Å²) in [4.78, 5) is 26.8. The Morgan fingerprint density at radius 2 is 2.08 bits per heavy atom. The number of aromatic hydroxyl groups is 1. The third kappa shape index (κ3) is 3.09. The highest BCUT2D eigenvalue weighted by molar-refractivity contribution is 5.52. The molecule has 1 aliphatic rings. The zero-order chi connectivity index (χ0) is 18.8. The predicted octanol–water partition coefficient (Wildman–Crippen LogP) is 0.100. The molecule has 1 saturated heterocycles. The Kier molecular flexibility index (Phi) is 4.82. The maximum absolute atomic E-state index is 12.8. The molecule has 0 bridgehead atoms. The fourth-order valence-electron chi connectivity index (χ4n) is 3.34. The Hall–Kier alpha value is -3.05. The summed E-state index contributed by atoms with van der Waals surface area (Å²) in [5.41, 5.74) is 5.82. The van der Waals surface area contributed by atoms with Gasteiger partial charge in [0.05, 0.1) is 18.2 Å². The van der Waals surface area contributed by atoms with Crippen molar-refractivity contribution in [3.05, 3.63) is 56.2 Å². The fourth-order valence-corrected chi connectivity index (χ4v) is 3.34. The molecule has 1 aromatic heterocycles. The first-order valence-corrected chi connectivity index (χ1v) is 8.45. The fraction of sp³-hybridized carbons (Fsp3) is 0.389. The second-order valence-corrected chi connectivity index (χ2v) is 6.52. The quantitative estimate of drug-likeness (QED) is 0.806. The van der Waals surface area contributed by atoms with E-state index >= 15 is 0 Å². The minimum absolute atomic E-state index is 0.0747. The van der Waals surface area contributed by atoms with E-state index in [-0.39, 0.29) is 18.4 Å². The van der Waals surface area contributed by atoms with Crippen molar-refractivity contribution in [1.29, 1.82) is 5.26 Å². The smallest absolute Gasteiger partial charge is 0.332 e. The van der Waals surface area contributed by atoms with Crippen molar-refractivity contribution in [2.75, 3.05) is 18.0 Å². The molecule has 0 saturated carbocycles. The van der Waals surface area contributed by atoms with Gasteiger partial charge in [-0.1, -0.05) is 18.2 Å². The maximum Gasteiger partial charge on any atom is 0.332 e. The summed E-state index contributed by atoms with van der Waals surface area (Å²) in [5, 5.41) is 19.8. The monoisotopic (exact) mass is 355 g/mol. The molecule has 1 atom stereocenters. The summed E-state index contributed by atoms with van der Waals surface area (Å²) >= 11 is 0. The Balaban J connectivity index is 2.19. The number of hydrogen-bond donors (Lipinski definition) is 2. The minimum atomic E-state index is -0.742. The summed E-state index contributed by atoms with van der Waals surface area (Å²) in [6, 6.07) is 8.94. The summed E-state index contributed by atoms with van der Waals surface area (Å²) < 4.78 is 2.21. The number of hydrogen-bond acceptors (Lipinski definition) is 6. The average molecular weight is 355 g/mol. The van der Waals surface area contributed by atoms with Crippen molar-refractivity contribution in [3.8, 4) is 11.8 Å². The predicted molar refractivity (Wildman–Crippen MR) is 97.3 cm³/mol. The molecule has 1 aliphatic heterocycles. The van der Waals surface area contributed by atoms with E-state index in [0.717, 1.165) is 17.4 Å². The summed E-state index contributed by atoms with van der Waals surface area (Å²) in [6.07, 6.45) is 1.66. The van der Waals surface area contributed by atoms with Gasteiger partial charge in [-0.15, -0.1) is 0 Å². The van der Waals surface area contributed by atoms with E-state index in [0.29, 0.717) is 24.2 Å². The van der Waals surface area contributed by atoms with E-state index in [1.165, 1.54) is 11.6 Å². The van der Waals surface area contributed by atoms with Crippen LogP contribution in [-0.2, 0) is 13.6 Å². The van der Waals surface area contributed by atoms with Crippen LogP contribution < -0.4 is 21.9 Å². The number of rotatable bonds is 3. The number of nitrogens with zero attached hydrogens (tertiary/aromatic N) is 4. The third-order valence-electron chi connectivity index (χ3n) is 4.72. The summed E-state index contributed by atoms with van der Waals surface area (Å²) in [6.45, 7) is 1.11. The number of anilines is 1. The third-order valence-corrected chi connectivity index (χ3v) is 4.72. The highest BCUT2D eigenvalue weighted by Crippen LogP contribution is 2.26.